The summed E-state index contributed by atoms with van der Waals surface area (Å²) >= 11 is 1.60. The van der Waals surface area contributed by atoms with Crippen molar-refractivity contribution in [3.63, 3.8) is 0 Å². The summed E-state index contributed by atoms with van der Waals surface area (Å²) in [5, 5.41) is 9.06. The number of sulfonamides is 1. The predicted molar refractivity (Wildman–Crippen MR) is 80.6 cm³/mol. The quantitative estimate of drug-likeness (QED) is 0.655. The van der Waals surface area contributed by atoms with Crippen LogP contribution in [0.2, 0.25) is 0 Å². The fraction of sp³-hybridized carbons (Fsp3) is 0.417. The number of nitrogens with two attached hydrogens (primary N) is 1. The molecule has 0 saturated carbocycles. The van der Waals surface area contributed by atoms with Gasteiger partial charge in [-0.05, 0) is 30.9 Å². The number of anilines is 1. The Bertz CT molecular complexity index is 587. The molecule has 0 heterocycles. The Hall–Kier alpha value is -1.25. The minimum Gasteiger partial charge on any atom is -0.478 e. The van der Waals surface area contributed by atoms with E-state index >= 15 is 0 Å². The van der Waals surface area contributed by atoms with Crippen LogP contribution < -0.4 is 10.5 Å². The molecule has 0 aromatic heterocycles. The summed E-state index contributed by atoms with van der Waals surface area (Å²) in [6, 6.07) is 3.41. The van der Waals surface area contributed by atoms with Crippen LogP contribution in [-0.4, -0.2) is 37.0 Å². The Labute approximate surface area is 122 Å². The van der Waals surface area contributed by atoms with Gasteiger partial charge in [-0.3, -0.25) is 0 Å². The van der Waals surface area contributed by atoms with E-state index in [9.17, 15) is 13.2 Å². The molecule has 0 amide bonds. The van der Waals surface area contributed by atoms with Gasteiger partial charge in [-0.1, -0.05) is 6.92 Å². The summed E-state index contributed by atoms with van der Waals surface area (Å²) in [5.41, 5.74) is 5.46. The molecule has 0 aliphatic rings. The Morgan fingerprint density at radius 1 is 1.50 bits per heavy atom. The number of aromatic carboxylic acids is 1. The standard InChI is InChI=1S/C12H18N2O4S2/c1-3-19-7-8(2)14-20(17,18)11-6-9(13)4-5-10(11)12(15)16/h4-6,8,14H,3,7,13H2,1-2H3,(H,15,16). The largest absolute Gasteiger partial charge is 0.478 e. The Morgan fingerprint density at radius 3 is 2.70 bits per heavy atom. The molecule has 0 aliphatic carbocycles. The second-order valence-corrected chi connectivity index (χ2v) is 7.24. The van der Waals surface area contributed by atoms with Gasteiger partial charge in [0.05, 0.1) is 10.5 Å². The molecule has 8 heteroatoms. The second kappa shape index (κ2) is 6.96. The number of hydrogen-bond donors (Lipinski definition) is 3. The third-order valence-corrected chi connectivity index (χ3v) is 5.23. The van der Waals surface area contributed by atoms with E-state index in [1.54, 1.807) is 18.7 Å². The normalized spacial score (nSPS) is 13.1. The van der Waals surface area contributed by atoms with E-state index in [0.717, 1.165) is 11.8 Å². The summed E-state index contributed by atoms with van der Waals surface area (Å²) < 4.78 is 27.0. The topological polar surface area (TPSA) is 109 Å². The molecule has 0 bridgehead atoms. The maximum absolute atomic E-state index is 12.2. The van der Waals surface area contributed by atoms with Crippen molar-refractivity contribution < 1.29 is 18.3 Å². The molecule has 4 N–H and O–H groups in total. The number of carboxylic acid groups (broad SMARTS) is 1. The van der Waals surface area contributed by atoms with Gasteiger partial charge in [0.15, 0.2) is 0 Å². The summed E-state index contributed by atoms with van der Waals surface area (Å²) in [6.45, 7) is 3.71. The average molecular weight is 318 g/mol. The smallest absolute Gasteiger partial charge is 0.337 e. The molecule has 20 heavy (non-hydrogen) atoms. The molecule has 1 atom stereocenters. The molecule has 1 aromatic rings. The number of carboxylic acids is 1. The fourth-order valence-corrected chi connectivity index (χ4v) is 3.85. The molecule has 0 saturated heterocycles. The van der Waals surface area contributed by atoms with Crippen molar-refractivity contribution in [3.05, 3.63) is 23.8 Å². The molecule has 1 unspecified atom stereocenters. The SMILES string of the molecule is CCSCC(C)NS(=O)(=O)c1cc(N)ccc1C(=O)O. The van der Waals surface area contributed by atoms with Gasteiger partial charge in [-0.15, -0.1) is 0 Å². The van der Waals surface area contributed by atoms with Gasteiger partial charge < -0.3 is 10.8 Å². The fourth-order valence-electron chi connectivity index (χ4n) is 1.59. The molecule has 0 radical (unpaired) electrons. The van der Waals surface area contributed by atoms with Crippen molar-refractivity contribution in [2.24, 2.45) is 0 Å². The third kappa shape index (κ3) is 4.39. The lowest BCUT2D eigenvalue weighted by atomic mass is 10.2. The first kappa shape index (κ1) is 16.8. The van der Waals surface area contributed by atoms with E-state index in [4.69, 9.17) is 10.8 Å². The van der Waals surface area contributed by atoms with Crippen LogP contribution in [-0.2, 0) is 10.0 Å². The lowest BCUT2D eigenvalue weighted by Crippen LogP contribution is -2.35. The summed E-state index contributed by atoms with van der Waals surface area (Å²) in [4.78, 5) is 10.8. The van der Waals surface area contributed by atoms with E-state index in [-0.39, 0.29) is 22.2 Å². The molecule has 0 fully saturated rings. The van der Waals surface area contributed by atoms with Crippen LogP contribution in [0.25, 0.3) is 0 Å². The monoisotopic (exact) mass is 318 g/mol. The highest BCUT2D eigenvalue weighted by atomic mass is 32.2. The predicted octanol–water partition coefficient (Wildman–Crippen LogP) is 1.39. The lowest BCUT2D eigenvalue weighted by molar-refractivity contribution is 0.0692. The molecule has 6 nitrogen and oxygen atoms in total. The molecular formula is C12H18N2O4S2. The van der Waals surface area contributed by atoms with Crippen molar-refractivity contribution in [1.29, 1.82) is 0 Å². The summed E-state index contributed by atoms with van der Waals surface area (Å²) in [5.74, 6) is 0.187. The summed E-state index contributed by atoms with van der Waals surface area (Å²) in [6.07, 6.45) is 0. The van der Waals surface area contributed by atoms with E-state index < -0.39 is 16.0 Å². The Kier molecular flexibility index (Phi) is 5.85. The highest BCUT2D eigenvalue weighted by Crippen LogP contribution is 2.20. The minimum atomic E-state index is -3.91. The number of nitrogens with one attached hydrogen (secondary N) is 1. The molecule has 1 rings (SSSR count). The maximum Gasteiger partial charge on any atom is 0.337 e. The van der Waals surface area contributed by atoms with Gasteiger partial charge in [0.25, 0.3) is 0 Å². The van der Waals surface area contributed by atoms with Crippen LogP contribution in [0.5, 0.6) is 0 Å². The van der Waals surface area contributed by atoms with Gasteiger partial charge >= 0.3 is 5.97 Å². The average Bonchev–Trinajstić information content (AvgIpc) is 2.35. The van der Waals surface area contributed by atoms with Crippen LogP contribution in [0.1, 0.15) is 24.2 Å². The number of benzene rings is 1. The first-order chi connectivity index (χ1) is 9.27. The van der Waals surface area contributed by atoms with E-state index in [0.29, 0.717) is 5.75 Å². The number of carbonyl (C=O) groups is 1. The summed E-state index contributed by atoms with van der Waals surface area (Å²) in [7, 11) is -3.91. The highest BCUT2D eigenvalue weighted by molar-refractivity contribution is 7.99. The van der Waals surface area contributed by atoms with Gasteiger partial charge in [0.1, 0.15) is 0 Å². The number of rotatable bonds is 7. The van der Waals surface area contributed by atoms with Crippen LogP contribution in [0.3, 0.4) is 0 Å². The zero-order chi connectivity index (χ0) is 15.3. The van der Waals surface area contributed by atoms with Crippen LogP contribution >= 0.6 is 11.8 Å². The Morgan fingerprint density at radius 2 is 2.15 bits per heavy atom. The third-order valence-electron chi connectivity index (χ3n) is 2.45. The Balaban J connectivity index is 3.09. The van der Waals surface area contributed by atoms with Crippen LogP contribution in [0, 0.1) is 0 Å². The molecule has 0 spiro atoms. The van der Waals surface area contributed by atoms with E-state index in [1.807, 2.05) is 6.92 Å². The lowest BCUT2D eigenvalue weighted by Gasteiger charge is -2.15. The van der Waals surface area contributed by atoms with Gasteiger partial charge in [0.2, 0.25) is 10.0 Å². The zero-order valence-corrected chi connectivity index (χ0v) is 12.9. The number of hydrogen-bond acceptors (Lipinski definition) is 5. The van der Waals surface area contributed by atoms with Gasteiger partial charge in [0, 0.05) is 17.5 Å². The molecule has 1 aromatic carbocycles. The van der Waals surface area contributed by atoms with Crippen LogP contribution in [0.4, 0.5) is 5.69 Å². The molecule has 0 aliphatic heterocycles. The highest BCUT2D eigenvalue weighted by Gasteiger charge is 2.24. The van der Waals surface area contributed by atoms with Crippen molar-refractivity contribution >= 4 is 33.4 Å². The minimum absolute atomic E-state index is 0.200. The first-order valence-electron chi connectivity index (χ1n) is 6.00. The van der Waals surface area contributed by atoms with Crippen molar-refractivity contribution in [1.82, 2.24) is 4.72 Å². The van der Waals surface area contributed by atoms with Crippen LogP contribution in [0.15, 0.2) is 23.1 Å². The van der Waals surface area contributed by atoms with Gasteiger partial charge in [-0.25, -0.2) is 17.9 Å². The second-order valence-electron chi connectivity index (χ2n) is 4.24. The first-order valence-corrected chi connectivity index (χ1v) is 8.64. The van der Waals surface area contributed by atoms with Crippen molar-refractivity contribution in [3.8, 4) is 0 Å². The van der Waals surface area contributed by atoms with Crippen molar-refractivity contribution in [2.75, 3.05) is 17.2 Å². The maximum atomic E-state index is 12.2. The zero-order valence-electron chi connectivity index (χ0n) is 11.3. The molecular weight excluding hydrogens is 300 g/mol. The number of nitrogen functional groups attached to an aromatic ring is 1. The number of thioether (sulfide) groups is 1. The van der Waals surface area contributed by atoms with E-state index in [1.165, 1.54) is 12.1 Å². The van der Waals surface area contributed by atoms with Gasteiger partial charge in [-0.2, -0.15) is 11.8 Å². The van der Waals surface area contributed by atoms with E-state index in [2.05, 4.69) is 4.72 Å². The van der Waals surface area contributed by atoms with Crippen molar-refractivity contribution in [2.45, 2.75) is 24.8 Å². The molecule has 112 valence electrons.